The maximum Gasteiger partial charge on any atom is 0.0900 e. The van der Waals surface area contributed by atoms with Gasteiger partial charge in [-0.1, -0.05) is 54.6 Å². The molecule has 0 amide bonds. The molecule has 2 heteroatoms. The number of nitrogens with zero attached hydrogens (tertiary/aromatic N) is 1. The quantitative estimate of drug-likeness (QED) is 0.924. The van der Waals surface area contributed by atoms with E-state index in [0.717, 1.165) is 37.7 Å². The minimum absolute atomic E-state index is 0.594. The molecule has 1 N–H and O–H groups in total. The standard InChI is InChI=1S/C21H27NO/c1-22(2)19-12-14-21(23,15-13-19)20-11-7-6-10-18(20)16-17-8-4-3-5-9-17/h3-11,19,23H,12-16H2,1-2H3. The fourth-order valence-corrected chi connectivity index (χ4v) is 3.81. The van der Waals surface area contributed by atoms with Crippen molar-refractivity contribution < 1.29 is 5.11 Å². The molecule has 0 saturated heterocycles. The third-order valence-electron chi connectivity index (χ3n) is 5.27. The molecule has 0 aliphatic heterocycles. The van der Waals surface area contributed by atoms with E-state index in [0.29, 0.717) is 6.04 Å². The molecule has 0 heterocycles. The van der Waals surface area contributed by atoms with Gasteiger partial charge in [0.15, 0.2) is 0 Å². The van der Waals surface area contributed by atoms with Crippen molar-refractivity contribution in [1.82, 2.24) is 4.90 Å². The van der Waals surface area contributed by atoms with Crippen LogP contribution in [0.4, 0.5) is 0 Å². The molecular formula is C21H27NO. The van der Waals surface area contributed by atoms with E-state index >= 15 is 0 Å². The normalized spacial score (nSPS) is 24.8. The average molecular weight is 309 g/mol. The molecule has 122 valence electrons. The van der Waals surface area contributed by atoms with Crippen molar-refractivity contribution in [3.63, 3.8) is 0 Å². The van der Waals surface area contributed by atoms with Crippen LogP contribution in [0.15, 0.2) is 54.6 Å². The van der Waals surface area contributed by atoms with Gasteiger partial charge in [0, 0.05) is 6.04 Å². The van der Waals surface area contributed by atoms with Crippen molar-refractivity contribution in [3.8, 4) is 0 Å². The monoisotopic (exact) mass is 309 g/mol. The van der Waals surface area contributed by atoms with Gasteiger partial charge in [0.05, 0.1) is 5.60 Å². The molecule has 2 aromatic rings. The Morgan fingerprint density at radius 3 is 2.22 bits per heavy atom. The fourth-order valence-electron chi connectivity index (χ4n) is 3.81. The van der Waals surface area contributed by atoms with Crippen LogP contribution in [0, 0.1) is 0 Å². The summed E-state index contributed by atoms with van der Waals surface area (Å²) in [6, 6.07) is 19.5. The molecule has 1 fully saturated rings. The summed E-state index contributed by atoms with van der Waals surface area (Å²) in [7, 11) is 4.27. The Labute approximate surface area is 139 Å². The van der Waals surface area contributed by atoms with Gasteiger partial charge in [-0.2, -0.15) is 0 Å². The number of benzene rings is 2. The molecule has 23 heavy (non-hydrogen) atoms. The fraction of sp³-hybridized carbons (Fsp3) is 0.429. The first-order chi connectivity index (χ1) is 11.1. The predicted octanol–water partition coefficient (Wildman–Crippen LogP) is 3.97. The van der Waals surface area contributed by atoms with E-state index in [9.17, 15) is 5.11 Å². The Morgan fingerprint density at radius 2 is 1.57 bits per heavy atom. The molecule has 0 bridgehead atoms. The van der Waals surface area contributed by atoms with Gasteiger partial charge in [-0.15, -0.1) is 0 Å². The first-order valence-corrected chi connectivity index (χ1v) is 8.59. The van der Waals surface area contributed by atoms with E-state index in [1.165, 1.54) is 11.1 Å². The van der Waals surface area contributed by atoms with Crippen LogP contribution in [-0.2, 0) is 12.0 Å². The van der Waals surface area contributed by atoms with Crippen molar-refractivity contribution in [1.29, 1.82) is 0 Å². The Hall–Kier alpha value is -1.64. The maximum absolute atomic E-state index is 11.3. The highest BCUT2D eigenvalue weighted by molar-refractivity contribution is 5.37. The Kier molecular flexibility index (Phi) is 4.84. The number of aliphatic hydroxyl groups is 1. The van der Waals surface area contributed by atoms with Crippen LogP contribution in [-0.4, -0.2) is 30.1 Å². The summed E-state index contributed by atoms with van der Waals surface area (Å²) in [6.07, 6.45) is 4.70. The highest BCUT2D eigenvalue weighted by Gasteiger charge is 2.36. The molecule has 1 aliphatic rings. The Balaban J connectivity index is 1.83. The molecule has 0 radical (unpaired) electrons. The van der Waals surface area contributed by atoms with E-state index in [4.69, 9.17) is 0 Å². The van der Waals surface area contributed by atoms with E-state index in [2.05, 4.69) is 67.5 Å². The highest BCUT2D eigenvalue weighted by Crippen LogP contribution is 2.40. The van der Waals surface area contributed by atoms with E-state index in [-0.39, 0.29) is 0 Å². The Bertz CT molecular complexity index is 627. The maximum atomic E-state index is 11.3. The molecular weight excluding hydrogens is 282 g/mol. The van der Waals surface area contributed by atoms with Gasteiger partial charge in [-0.05, 0) is 62.9 Å². The zero-order chi connectivity index (χ0) is 16.3. The summed E-state index contributed by atoms with van der Waals surface area (Å²) in [4.78, 5) is 2.29. The second kappa shape index (κ2) is 6.86. The van der Waals surface area contributed by atoms with Gasteiger partial charge in [-0.25, -0.2) is 0 Å². The number of hydrogen-bond donors (Lipinski definition) is 1. The van der Waals surface area contributed by atoms with Crippen LogP contribution in [0.1, 0.15) is 42.4 Å². The molecule has 0 spiro atoms. The lowest BCUT2D eigenvalue weighted by atomic mass is 9.75. The van der Waals surface area contributed by atoms with Crippen LogP contribution in [0.5, 0.6) is 0 Å². The summed E-state index contributed by atoms with van der Waals surface area (Å²) < 4.78 is 0. The first-order valence-electron chi connectivity index (χ1n) is 8.59. The van der Waals surface area contributed by atoms with Crippen molar-refractivity contribution in [2.24, 2.45) is 0 Å². The molecule has 0 aromatic heterocycles. The topological polar surface area (TPSA) is 23.5 Å². The van der Waals surface area contributed by atoms with Gasteiger partial charge >= 0.3 is 0 Å². The summed E-state index contributed by atoms with van der Waals surface area (Å²) in [5, 5.41) is 11.3. The summed E-state index contributed by atoms with van der Waals surface area (Å²) in [5.41, 5.74) is 3.01. The minimum Gasteiger partial charge on any atom is -0.385 e. The van der Waals surface area contributed by atoms with Crippen LogP contribution in [0.3, 0.4) is 0 Å². The molecule has 0 atom stereocenters. The van der Waals surface area contributed by atoms with E-state index < -0.39 is 5.60 Å². The van der Waals surface area contributed by atoms with Gasteiger partial charge < -0.3 is 10.0 Å². The van der Waals surface area contributed by atoms with Crippen molar-refractivity contribution in [3.05, 3.63) is 71.3 Å². The Morgan fingerprint density at radius 1 is 0.957 bits per heavy atom. The third kappa shape index (κ3) is 3.65. The van der Waals surface area contributed by atoms with Gasteiger partial charge in [0.2, 0.25) is 0 Å². The lowest BCUT2D eigenvalue weighted by Gasteiger charge is -2.39. The van der Waals surface area contributed by atoms with Crippen LogP contribution >= 0.6 is 0 Å². The lowest BCUT2D eigenvalue weighted by Crippen LogP contribution is -2.39. The van der Waals surface area contributed by atoms with Crippen LogP contribution in [0.25, 0.3) is 0 Å². The number of rotatable bonds is 4. The summed E-state index contributed by atoms with van der Waals surface area (Å²) >= 11 is 0. The van der Waals surface area contributed by atoms with Crippen molar-refractivity contribution in [2.45, 2.75) is 43.7 Å². The molecule has 1 saturated carbocycles. The second-order valence-electron chi connectivity index (χ2n) is 7.05. The lowest BCUT2D eigenvalue weighted by molar-refractivity contribution is -0.0196. The van der Waals surface area contributed by atoms with Gasteiger partial charge in [0.25, 0.3) is 0 Å². The molecule has 1 aliphatic carbocycles. The zero-order valence-electron chi connectivity index (χ0n) is 14.2. The van der Waals surface area contributed by atoms with Crippen LogP contribution in [0.2, 0.25) is 0 Å². The molecule has 2 nitrogen and oxygen atoms in total. The summed E-state index contributed by atoms with van der Waals surface area (Å²) in [5.74, 6) is 0. The average Bonchev–Trinajstić information content (AvgIpc) is 2.56. The minimum atomic E-state index is -0.669. The SMILES string of the molecule is CN(C)C1CCC(O)(c2ccccc2Cc2ccccc2)CC1. The van der Waals surface area contributed by atoms with Crippen molar-refractivity contribution in [2.75, 3.05) is 14.1 Å². The van der Waals surface area contributed by atoms with Gasteiger partial charge in [0.1, 0.15) is 0 Å². The molecule has 3 rings (SSSR count). The largest absolute Gasteiger partial charge is 0.385 e. The summed E-state index contributed by atoms with van der Waals surface area (Å²) in [6.45, 7) is 0. The second-order valence-corrected chi connectivity index (χ2v) is 7.05. The third-order valence-corrected chi connectivity index (χ3v) is 5.27. The molecule has 0 unspecified atom stereocenters. The highest BCUT2D eigenvalue weighted by atomic mass is 16.3. The van der Waals surface area contributed by atoms with Crippen LogP contribution < -0.4 is 0 Å². The van der Waals surface area contributed by atoms with Crippen molar-refractivity contribution >= 4 is 0 Å². The van der Waals surface area contributed by atoms with Gasteiger partial charge in [-0.3, -0.25) is 0 Å². The zero-order valence-corrected chi connectivity index (χ0v) is 14.2. The van der Waals surface area contributed by atoms with E-state index in [1.807, 2.05) is 6.07 Å². The predicted molar refractivity (Wildman–Crippen MR) is 95.5 cm³/mol. The first kappa shape index (κ1) is 16.2. The smallest absolute Gasteiger partial charge is 0.0900 e. The van der Waals surface area contributed by atoms with E-state index in [1.54, 1.807) is 0 Å². The number of hydrogen-bond acceptors (Lipinski definition) is 2. The molecule has 2 aromatic carbocycles.